The highest BCUT2D eigenvalue weighted by atomic mass is 16.5. The van der Waals surface area contributed by atoms with Crippen molar-refractivity contribution in [2.45, 2.75) is 38.8 Å². The molecule has 0 radical (unpaired) electrons. The van der Waals surface area contributed by atoms with Crippen LogP contribution in [0.1, 0.15) is 31.9 Å². The molecule has 0 aromatic carbocycles. The van der Waals surface area contributed by atoms with E-state index in [2.05, 4.69) is 36.1 Å². The molecule has 0 aliphatic rings. The van der Waals surface area contributed by atoms with Gasteiger partial charge in [0.1, 0.15) is 12.4 Å². The fourth-order valence-corrected chi connectivity index (χ4v) is 2.26. The molecule has 0 aliphatic heterocycles. The summed E-state index contributed by atoms with van der Waals surface area (Å²) in [6.45, 7) is 7.47. The molecule has 2 rings (SSSR count). The summed E-state index contributed by atoms with van der Waals surface area (Å²) in [5.74, 6) is 0.771. The number of aryl methyl sites for hydroxylation is 1. The number of aromatic nitrogens is 2. The average Bonchev–Trinajstić information content (AvgIpc) is 2.59. The number of rotatable bonds is 8. The van der Waals surface area contributed by atoms with E-state index in [0.717, 1.165) is 17.7 Å². The van der Waals surface area contributed by atoms with Gasteiger partial charge in [-0.1, -0.05) is 6.92 Å². The summed E-state index contributed by atoms with van der Waals surface area (Å²) in [4.78, 5) is 8.22. The molecule has 0 amide bonds. The lowest BCUT2D eigenvalue weighted by molar-refractivity contribution is 0.269. The van der Waals surface area contributed by atoms with Gasteiger partial charge in [0, 0.05) is 30.7 Å². The van der Waals surface area contributed by atoms with Crippen LogP contribution in [0.25, 0.3) is 0 Å². The topological polar surface area (TPSA) is 73.1 Å². The first kappa shape index (κ1) is 17.4. The van der Waals surface area contributed by atoms with Gasteiger partial charge in [0.05, 0.1) is 12.2 Å². The third-order valence-electron chi connectivity index (χ3n) is 3.85. The predicted octanol–water partition coefficient (Wildman–Crippen LogP) is 2.27. The van der Waals surface area contributed by atoms with Crippen molar-refractivity contribution in [1.29, 1.82) is 0 Å². The maximum Gasteiger partial charge on any atom is 0.137 e. The average molecular weight is 314 g/mol. The van der Waals surface area contributed by atoms with Crippen LogP contribution in [0.5, 0.6) is 5.75 Å². The van der Waals surface area contributed by atoms with Gasteiger partial charge in [0.2, 0.25) is 0 Å². The van der Waals surface area contributed by atoms with Crippen molar-refractivity contribution in [3.05, 3.63) is 54.1 Å². The standard InChI is InChI=1S/C18H26N4O/c1-4-14-9-17(12-21-10-14)23-13-16(19)11-22-18(2,3)15-5-7-20-8-6-15/h5-10,12,16,22H,4,11,13,19H2,1-3H3/t16-/m0/s1. The van der Waals surface area contributed by atoms with Crippen molar-refractivity contribution >= 4 is 0 Å². The summed E-state index contributed by atoms with van der Waals surface area (Å²) >= 11 is 0. The molecule has 0 fully saturated rings. The highest BCUT2D eigenvalue weighted by molar-refractivity contribution is 5.23. The fourth-order valence-electron chi connectivity index (χ4n) is 2.26. The summed E-state index contributed by atoms with van der Waals surface area (Å²) < 4.78 is 5.74. The summed E-state index contributed by atoms with van der Waals surface area (Å²) in [6.07, 6.45) is 8.12. The van der Waals surface area contributed by atoms with Gasteiger partial charge in [-0.3, -0.25) is 9.97 Å². The van der Waals surface area contributed by atoms with Crippen molar-refractivity contribution in [2.24, 2.45) is 5.73 Å². The van der Waals surface area contributed by atoms with Crippen molar-refractivity contribution in [1.82, 2.24) is 15.3 Å². The number of nitrogens with two attached hydrogens (primary N) is 1. The zero-order valence-corrected chi connectivity index (χ0v) is 14.1. The van der Waals surface area contributed by atoms with E-state index >= 15 is 0 Å². The Hall–Kier alpha value is -1.98. The van der Waals surface area contributed by atoms with Crippen LogP contribution in [0.4, 0.5) is 0 Å². The zero-order valence-electron chi connectivity index (χ0n) is 14.1. The molecule has 5 nitrogen and oxygen atoms in total. The molecule has 0 saturated carbocycles. The lowest BCUT2D eigenvalue weighted by Gasteiger charge is -2.28. The molecule has 2 aromatic rings. The molecule has 0 saturated heterocycles. The van der Waals surface area contributed by atoms with E-state index < -0.39 is 0 Å². The summed E-state index contributed by atoms with van der Waals surface area (Å²) in [5.41, 5.74) is 8.34. The first-order valence-corrected chi connectivity index (χ1v) is 7.99. The summed E-state index contributed by atoms with van der Waals surface area (Å²) in [5, 5.41) is 3.49. The lowest BCUT2D eigenvalue weighted by Crippen LogP contribution is -2.46. The van der Waals surface area contributed by atoms with Gasteiger partial charge in [-0.2, -0.15) is 0 Å². The highest BCUT2D eigenvalue weighted by Gasteiger charge is 2.20. The summed E-state index contributed by atoms with van der Waals surface area (Å²) in [6, 6.07) is 5.93. The fraction of sp³-hybridized carbons (Fsp3) is 0.444. The number of nitrogens with zero attached hydrogens (tertiary/aromatic N) is 2. The van der Waals surface area contributed by atoms with Gasteiger partial charge in [-0.25, -0.2) is 0 Å². The van der Waals surface area contributed by atoms with E-state index in [0.29, 0.717) is 13.2 Å². The van der Waals surface area contributed by atoms with Crippen LogP contribution in [0.3, 0.4) is 0 Å². The molecule has 124 valence electrons. The second-order valence-electron chi connectivity index (χ2n) is 6.20. The normalized spacial score (nSPS) is 12.9. The van der Waals surface area contributed by atoms with Crippen LogP contribution in [0.15, 0.2) is 43.0 Å². The van der Waals surface area contributed by atoms with Crippen LogP contribution in [0, 0.1) is 0 Å². The Bertz CT molecular complexity index is 601. The molecule has 2 heterocycles. The quantitative estimate of drug-likeness (QED) is 0.782. The van der Waals surface area contributed by atoms with E-state index in [4.69, 9.17) is 10.5 Å². The highest BCUT2D eigenvalue weighted by Crippen LogP contribution is 2.18. The number of nitrogens with one attached hydrogen (secondary N) is 1. The van der Waals surface area contributed by atoms with Crippen LogP contribution in [0.2, 0.25) is 0 Å². The Balaban J connectivity index is 1.81. The number of hydrogen-bond acceptors (Lipinski definition) is 5. The van der Waals surface area contributed by atoms with Gasteiger partial charge >= 0.3 is 0 Å². The van der Waals surface area contributed by atoms with Gasteiger partial charge in [0.15, 0.2) is 0 Å². The van der Waals surface area contributed by atoms with Crippen molar-refractivity contribution in [3.63, 3.8) is 0 Å². The minimum absolute atomic E-state index is 0.0959. The van der Waals surface area contributed by atoms with E-state index in [-0.39, 0.29) is 11.6 Å². The molecular formula is C18H26N4O. The zero-order chi connectivity index (χ0) is 16.7. The molecule has 2 aromatic heterocycles. The smallest absolute Gasteiger partial charge is 0.137 e. The molecule has 0 aliphatic carbocycles. The molecular weight excluding hydrogens is 288 g/mol. The largest absolute Gasteiger partial charge is 0.490 e. The third kappa shape index (κ3) is 5.30. The van der Waals surface area contributed by atoms with Crippen molar-refractivity contribution in [2.75, 3.05) is 13.2 Å². The molecule has 5 heteroatoms. The van der Waals surface area contributed by atoms with Crippen LogP contribution >= 0.6 is 0 Å². The van der Waals surface area contributed by atoms with Gasteiger partial charge in [-0.05, 0) is 49.6 Å². The third-order valence-corrected chi connectivity index (χ3v) is 3.85. The number of hydrogen-bond donors (Lipinski definition) is 2. The van der Waals surface area contributed by atoms with Gasteiger partial charge in [-0.15, -0.1) is 0 Å². The Morgan fingerprint density at radius 1 is 1.22 bits per heavy atom. The summed E-state index contributed by atoms with van der Waals surface area (Å²) in [7, 11) is 0. The van der Waals surface area contributed by atoms with Gasteiger partial charge < -0.3 is 15.8 Å². The molecule has 23 heavy (non-hydrogen) atoms. The Morgan fingerprint density at radius 3 is 2.65 bits per heavy atom. The van der Waals surface area contributed by atoms with E-state index in [1.165, 1.54) is 5.56 Å². The maximum atomic E-state index is 6.16. The maximum absolute atomic E-state index is 6.16. The van der Waals surface area contributed by atoms with Crippen LogP contribution in [-0.4, -0.2) is 29.2 Å². The molecule has 3 N–H and O–H groups in total. The lowest BCUT2D eigenvalue weighted by atomic mass is 9.95. The van der Waals surface area contributed by atoms with E-state index in [1.54, 1.807) is 18.6 Å². The monoisotopic (exact) mass is 314 g/mol. The molecule has 0 unspecified atom stereocenters. The first-order valence-electron chi connectivity index (χ1n) is 7.99. The van der Waals surface area contributed by atoms with Gasteiger partial charge in [0.25, 0.3) is 0 Å². The van der Waals surface area contributed by atoms with Crippen LogP contribution in [-0.2, 0) is 12.0 Å². The Kier molecular flexibility index (Phi) is 6.07. The number of pyridine rings is 2. The van der Waals surface area contributed by atoms with E-state index in [9.17, 15) is 0 Å². The van der Waals surface area contributed by atoms with Crippen LogP contribution < -0.4 is 15.8 Å². The second-order valence-corrected chi connectivity index (χ2v) is 6.20. The van der Waals surface area contributed by atoms with Crippen molar-refractivity contribution in [3.8, 4) is 5.75 Å². The van der Waals surface area contributed by atoms with Crippen molar-refractivity contribution < 1.29 is 4.74 Å². The Labute approximate surface area is 138 Å². The minimum Gasteiger partial charge on any atom is -0.490 e. The predicted molar refractivity (Wildman–Crippen MR) is 92.4 cm³/mol. The van der Waals surface area contributed by atoms with E-state index in [1.807, 2.05) is 24.4 Å². The molecule has 0 bridgehead atoms. The number of ether oxygens (including phenoxy) is 1. The molecule has 1 atom stereocenters. The first-order chi connectivity index (χ1) is 11.0. The SMILES string of the molecule is CCc1cncc(OC[C@@H](N)CNC(C)(C)c2ccncc2)c1. The Morgan fingerprint density at radius 2 is 1.96 bits per heavy atom. The second kappa shape index (κ2) is 8.04. The minimum atomic E-state index is -0.162. The molecule has 0 spiro atoms.